The first-order valence-electron chi connectivity index (χ1n) is 9.45. The number of hydrogen-bond donors (Lipinski definition) is 0. The zero-order chi connectivity index (χ0) is 19.2. The van der Waals surface area contributed by atoms with Crippen molar-refractivity contribution in [2.45, 2.75) is 64.8 Å². The van der Waals surface area contributed by atoms with E-state index in [2.05, 4.69) is 50.2 Å². The Bertz CT molecular complexity index is 369. The molecule has 0 aliphatic carbocycles. The lowest BCUT2D eigenvalue weighted by atomic mass is 10.1. The largest absolute Gasteiger partial charge is 0.377 e. The molecule has 154 valence electrons. The molecule has 0 spiro atoms. The summed E-state index contributed by atoms with van der Waals surface area (Å²) in [6, 6.07) is 0. The summed E-state index contributed by atoms with van der Waals surface area (Å²) in [5.74, 6) is 0. The predicted octanol–water partition coefficient (Wildman–Crippen LogP) is 3.23. The summed E-state index contributed by atoms with van der Waals surface area (Å²) < 4.78 is 26.6. The van der Waals surface area contributed by atoms with E-state index in [0.717, 1.165) is 39.5 Å². The minimum Gasteiger partial charge on any atom is -0.377 e. The number of ether oxygens (including phenoxy) is 4. The third kappa shape index (κ3) is 9.59. The molecule has 2 rings (SSSR count). The maximum atomic E-state index is 5.73. The second-order valence-corrected chi connectivity index (χ2v) is 10.8. The molecule has 0 aromatic carbocycles. The van der Waals surface area contributed by atoms with Crippen LogP contribution in [0.3, 0.4) is 0 Å². The molecule has 0 amide bonds. The van der Waals surface area contributed by atoms with Gasteiger partial charge in [-0.1, -0.05) is 0 Å². The van der Waals surface area contributed by atoms with E-state index in [1.807, 2.05) is 0 Å². The highest BCUT2D eigenvalue weighted by Gasteiger charge is 2.28. The molecular formula is C18H36N2O4S2. The lowest BCUT2D eigenvalue weighted by molar-refractivity contribution is 0.0954. The lowest BCUT2D eigenvalue weighted by Crippen LogP contribution is -2.41. The van der Waals surface area contributed by atoms with Gasteiger partial charge < -0.3 is 18.9 Å². The van der Waals surface area contributed by atoms with Crippen LogP contribution < -0.4 is 0 Å². The van der Waals surface area contributed by atoms with Gasteiger partial charge in [0, 0.05) is 46.1 Å². The molecule has 2 unspecified atom stereocenters. The van der Waals surface area contributed by atoms with Gasteiger partial charge in [-0.05, 0) is 41.5 Å². The van der Waals surface area contributed by atoms with Crippen LogP contribution >= 0.6 is 22.0 Å². The molecule has 2 fully saturated rings. The molecule has 2 aliphatic heterocycles. The van der Waals surface area contributed by atoms with Gasteiger partial charge >= 0.3 is 0 Å². The minimum atomic E-state index is 0.0699. The average Bonchev–Trinajstić information content (AvgIpc) is 3.40. The molecular weight excluding hydrogens is 372 g/mol. The van der Waals surface area contributed by atoms with E-state index in [0.29, 0.717) is 25.4 Å². The van der Waals surface area contributed by atoms with E-state index in [1.165, 1.54) is 0 Å². The van der Waals surface area contributed by atoms with Crippen LogP contribution in [0.1, 0.15) is 41.5 Å². The Morgan fingerprint density at radius 1 is 0.769 bits per heavy atom. The smallest absolute Gasteiger partial charge is 0.104 e. The quantitative estimate of drug-likeness (QED) is 0.199. The van der Waals surface area contributed by atoms with Crippen molar-refractivity contribution in [3.8, 4) is 0 Å². The molecule has 0 bridgehead atoms. The number of rotatable bonds is 13. The highest BCUT2D eigenvalue weighted by molar-refractivity contribution is 8.74. The first-order valence-corrected chi connectivity index (χ1v) is 11.5. The Hall–Kier alpha value is 0.460. The molecule has 2 saturated heterocycles. The molecule has 0 aromatic rings. The van der Waals surface area contributed by atoms with Crippen LogP contribution in [0.4, 0.5) is 0 Å². The molecule has 0 saturated carbocycles. The number of hydrogen-bond acceptors (Lipinski definition) is 8. The molecule has 0 aromatic heterocycles. The molecule has 2 heterocycles. The van der Waals surface area contributed by atoms with Crippen molar-refractivity contribution < 1.29 is 18.9 Å². The van der Waals surface area contributed by atoms with Gasteiger partial charge in [-0.25, -0.2) is 8.61 Å². The van der Waals surface area contributed by atoms with Gasteiger partial charge in [0.25, 0.3) is 0 Å². The van der Waals surface area contributed by atoms with Crippen LogP contribution in [0, 0.1) is 0 Å². The van der Waals surface area contributed by atoms with E-state index in [-0.39, 0.29) is 11.1 Å². The van der Waals surface area contributed by atoms with Crippen molar-refractivity contribution in [1.82, 2.24) is 8.61 Å². The fraction of sp³-hybridized carbons (Fsp3) is 1.00. The summed E-state index contributed by atoms with van der Waals surface area (Å²) in [6.45, 7) is 19.8. The molecule has 26 heavy (non-hydrogen) atoms. The van der Waals surface area contributed by atoms with E-state index in [9.17, 15) is 0 Å². The topological polar surface area (TPSA) is 50.0 Å². The molecule has 0 radical (unpaired) electrons. The van der Waals surface area contributed by atoms with E-state index < -0.39 is 0 Å². The van der Waals surface area contributed by atoms with Gasteiger partial charge in [-0.2, -0.15) is 0 Å². The lowest BCUT2D eigenvalue weighted by Gasteiger charge is -2.38. The summed E-state index contributed by atoms with van der Waals surface area (Å²) in [5, 5.41) is 0. The van der Waals surface area contributed by atoms with Crippen LogP contribution in [0.5, 0.6) is 0 Å². The fourth-order valence-electron chi connectivity index (χ4n) is 2.10. The highest BCUT2D eigenvalue weighted by Crippen LogP contribution is 2.38. The van der Waals surface area contributed by atoms with Gasteiger partial charge in [0.1, 0.15) is 12.2 Å². The minimum absolute atomic E-state index is 0.0699. The van der Waals surface area contributed by atoms with Crippen molar-refractivity contribution in [2.24, 2.45) is 0 Å². The zero-order valence-corrected chi connectivity index (χ0v) is 18.8. The summed E-state index contributed by atoms with van der Waals surface area (Å²) in [6.07, 6.45) is 0.662. The van der Waals surface area contributed by atoms with E-state index >= 15 is 0 Å². The van der Waals surface area contributed by atoms with E-state index in [1.54, 1.807) is 22.0 Å². The third-order valence-electron chi connectivity index (χ3n) is 4.00. The van der Waals surface area contributed by atoms with Crippen LogP contribution in [0.15, 0.2) is 0 Å². The van der Waals surface area contributed by atoms with Gasteiger partial charge in [0.15, 0.2) is 0 Å². The third-order valence-corrected chi connectivity index (χ3v) is 7.17. The standard InChI is InChI=1S/C18H36N2O4S2/c1-17(2,3)19(7-9-21-11-15-13-23-15)25-26-20(18(4,5)6)8-10-22-12-16-14-24-16/h15-16H,7-14H2,1-6H3. The molecule has 2 atom stereocenters. The molecule has 8 heteroatoms. The summed E-state index contributed by atoms with van der Waals surface area (Å²) in [4.78, 5) is 0. The van der Waals surface area contributed by atoms with Gasteiger partial charge in [-0.15, -0.1) is 0 Å². The van der Waals surface area contributed by atoms with Crippen LogP contribution in [0.25, 0.3) is 0 Å². The van der Waals surface area contributed by atoms with Crippen molar-refractivity contribution in [3.63, 3.8) is 0 Å². The van der Waals surface area contributed by atoms with Gasteiger partial charge in [0.2, 0.25) is 0 Å². The molecule has 2 aliphatic rings. The Kier molecular flexibility index (Phi) is 9.01. The molecule has 6 nitrogen and oxygen atoms in total. The first kappa shape index (κ1) is 22.7. The van der Waals surface area contributed by atoms with Crippen LogP contribution in [-0.4, -0.2) is 84.6 Å². The monoisotopic (exact) mass is 408 g/mol. The molecule has 0 N–H and O–H groups in total. The predicted molar refractivity (Wildman–Crippen MR) is 109 cm³/mol. The number of nitrogens with zero attached hydrogens (tertiary/aromatic N) is 2. The fourth-order valence-corrected chi connectivity index (χ4v) is 5.28. The maximum absolute atomic E-state index is 5.73. The summed E-state index contributed by atoms with van der Waals surface area (Å²) in [7, 11) is 3.60. The normalized spacial score (nSPS) is 23.1. The Balaban J connectivity index is 1.72. The highest BCUT2D eigenvalue weighted by atomic mass is 33.1. The second kappa shape index (κ2) is 10.3. The Labute approximate surface area is 167 Å². The SMILES string of the molecule is CC(C)(C)N(CCOCC1CO1)SSN(CCOCC1CO1)C(C)(C)C. The first-order chi connectivity index (χ1) is 12.2. The van der Waals surface area contributed by atoms with Crippen molar-refractivity contribution >= 4 is 22.0 Å². The van der Waals surface area contributed by atoms with Crippen molar-refractivity contribution in [2.75, 3.05) is 52.7 Å². The zero-order valence-electron chi connectivity index (χ0n) is 17.2. The maximum Gasteiger partial charge on any atom is 0.104 e. The Morgan fingerprint density at radius 2 is 1.12 bits per heavy atom. The van der Waals surface area contributed by atoms with Gasteiger partial charge in [-0.3, -0.25) is 0 Å². The van der Waals surface area contributed by atoms with Crippen molar-refractivity contribution in [1.29, 1.82) is 0 Å². The summed E-state index contributed by atoms with van der Waals surface area (Å²) in [5.41, 5.74) is 0.140. The average molecular weight is 409 g/mol. The van der Waals surface area contributed by atoms with Crippen LogP contribution in [0.2, 0.25) is 0 Å². The number of epoxide rings is 2. The van der Waals surface area contributed by atoms with Crippen molar-refractivity contribution in [3.05, 3.63) is 0 Å². The second-order valence-electron chi connectivity index (χ2n) is 8.76. The van der Waals surface area contributed by atoms with E-state index in [4.69, 9.17) is 18.9 Å². The van der Waals surface area contributed by atoms with Gasteiger partial charge in [0.05, 0.1) is 39.6 Å². The van der Waals surface area contributed by atoms with Crippen LogP contribution in [-0.2, 0) is 18.9 Å². The Morgan fingerprint density at radius 3 is 1.38 bits per heavy atom. The summed E-state index contributed by atoms with van der Waals surface area (Å²) >= 11 is 0.